The highest BCUT2D eigenvalue weighted by Crippen LogP contribution is 2.21. The van der Waals surface area contributed by atoms with Gasteiger partial charge in [-0.05, 0) is 22.6 Å². The van der Waals surface area contributed by atoms with Gasteiger partial charge >= 0.3 is 0 Å². The molecule has 3 heteroatoms. The molecular formula is C5H9IO2. The Kier molecular flexibility index (Phi) is 2.52. The highest BCUT2D eigenvalue weighted by Gasteiger charge is 2.24. The van der Waals surface area contributed by atoms with Crippen molar-refractivity contribution in [2.45, 2.75) is 16.6 Å². The van der Waals surface area contributed by atoms with Crippen LogP contribution in [-0.4, -0.2) is 23.9 Å². The minimum absolute atomic E-state index is 0.276. The van der Waals surface area contributed by atoms with E-state index >= 15 is 0 Å². The summed E-state index contributed by atoms with van der Waals surface area (Å²) in [6.45, 7) is 0.853. The molecule has 2 nitrogen and oxygen atoms in total. The molecule has 0 radical (unpaired) electrons. The maximum atomic E-state index is 5.22. The number of rotatable bonds is 1. The van der Waals surface area contributed by atoms with Crippen molar-refractivity contribution in [3.63, 3.8) is 0 Å². The maximum Gasteiger partial charge on any atom is 0.134 e. The molecule has 1 heterocycles. The molecule has 0 aromatic rings. The van der Waals surface area contributed by atoms with Gasteiger partial charge in [0.2, 0.25) is 0 Å². The van der Waals surface area contributed by atoms with Gasteiger partial charge < -0.3 is 9.47 Å². The Bertz CT molecular complexity index is 76.8. The Morgan fingerprint density at radius 3 is 2.75 bits per heavy atom. The van der Waals surface area contributed by atoms with Crippen molar-refractivity contribution >= 4 is 22.6 Å². The highest BCUT2D eigenvalue weighted by atomic mass is 127. The van der Waals surface area contributed by atoms with Gasteiger partial charge in [0, 0.05) is 13.5 Å². The lowest BCUT2D eigenvalue weighted by Gasteiger charge is -2.08. The number of hydrogen-bond donors (Lipinski definition) is 0. The van der Waals surface area contributed by atoms with Crippen LogP contribution in [0.5, 0.6) is 0 Å². The van der Waals surface area contributed by atoms with Crippen molar-refractivity contribution in [2.24, 2.45) is 0 Å². The highest BCUT2D eigenvalue weighted by molar-refractivity contribution is 14.1. The molecule has 2 unspecified atom stereocenters. The van der Waals surface area contributed by atoms with Crippen molar-refractivity contribution < 1.29 is 9.47 Å². The van der Waals surface area contributed by atoms with Gasteiger partial charge in [-0.2, -0.15) is 0 Å². The van der Waals surface area contributed by atoms with E-state index in [1.165, 1.54) is 0 Å². The Morgan fingerprint density at radius 2 is 2.50 bits per heavy atom. The number of ether oxygens (including phenoxy) is 2. The number of halogens is 1. The van der Waals surface area contributed by atoms with Crippen LogP contribution in [-0.2, 0) is 9.47 Å². The molecule has 0 aromatic heterocycles. The second kappa shape index (κ2) is 2.98. The summed E-state index contributed by atoms with van der Waals surface area (Å²) in [5.74, 6) is 0. The second-order valence-electron chi connectivity index (χ2n) is 1.78. The third-order valence-corrected chi connectivity index (χ3v) is 2.44. The maximum absolute atomic E-state index is 5.22. The van der Waals surface area contributed by atoms with Gasteiger partial charge in [0.1, 0.15) is 4.11 Å². The normalized spacial score (nSPS) is 38.2. The number of methoxy groups -OCH3 is 1. The molecule has 1 saturated heterocycles. The van der Waals surface area contributed by atoms with Gasteiger partial charge in [0.15, 0.2) is 0 Å². The van der Waals surface area contributed by atoms with Gasteiger partial charge in [-0.15, -0.1) is 0 Å². The van der Waals surface area contributed by atoms with Crippen LogP contribution in [0.1, 0.15) is 6.42 Å². The van der Waals surface area contributed by atoms with Crippen LogP contribution >= 0.6 is 22.6 Å². The average Bonchev–Trinajstić information content (AvgIpc) is 2.14. The minimum atomic E-state index is 0.276. The molecule has 48 valence electrons. The molecule has 0 spiro atoms. The molecular weight excluding hydrogens is 219 g/mol. The smallest absolute Gasteiger partial charge is 0.134 e. The summed E-state index contributed by atoms with van der Waals surface area (Å²) in [5.41, 5.74) is 0. The van der Waals surface area contributed by atoms with Crippen molar-refractivity contribution in [3.05, 3.63) is 0 Å². The Morgan fingerprint density at radius 1 is 1.75 bits per heavy atom. The summed E-state index contributed by atoms with van der Waals surface area (Å²) < 4.78 is 10.6. The number of hydrogen-bond acceptors (Lipinski definition) is 2. The fraction of sp³-hybridized carbons (Fsp3) is 1.00. The monoisotopic (exact) mass is 228 g/mol. The third-order valence-electron chi connectivity index (χ3n) is 1.27. The topological polar surface area (TPSA) is 18.5 Å². The molecule has 0 aromatic carbocycles. The van der Waals surface area contributed by atoms with E-state index in [1.54, 1.807) is 7.11 Å². The predicted octanol–water partition coefficient (Wildman–Crippen LogP) is 1.18. The Labute approximate surface area is 62.7 Å². The summed E-state index contributed by atoms with van der Waals surface area (Å²) in [5, 5.41) is 0. The molecule has 1 aliphatic rings. The van der Waals surface area contributed by atoms with E-state index in [-0.39, 0.29) is 4.11 Å². The third kappa shape index (κ3) is 1.33. The summed E-state index contributed by atoms with van der Waals surface area (Å²) in [6, 6.07) is 0. The van der Waals surface area contributed by atoms with E-state index < -0.39 is 0 Å². The molecule has 0 saturated carbocycles. The molecule has 1 rings (SSSR count). The molecule has 0 amide bonds. The molecule has 0 aliphatic carbocycles. The summed E-state index contributed by atoms with van der Waals surface area (Å²) >= 11 is 2.25. The lowest BCUT2D eigenvalue weighted by molar-refractivity contribution is 0.0722. The zero-order chi connectivity index (χ0) is 5.98. The first kappa shape index (κ1) is 6.77. The van der Waals surface area contributed by atoms with Gasteiger partial charge in [-0.1, -0.05) is 0 Å². The van der Waals surface area contributed by atoms with Gasteiger partial charge in [0.25, 0.3) is 0 Å². The largest absolute Gasteiger partial charge is 0.378 e. The van der Waals surface area contributed by atoms with Crippen molar-refractivity contribution in [1.82, 2.24) is 0 Å². The van der Waals surface area contributed by atoms with E-state index in [2.05, 4.69) is 22.6 Å². The molecule has 0 bridgehead atoms. The van der Waals surface area contributed by atoms with E-state index in [1.807, 2.05) is 0 Å². The van der Waals surface area contributed by atoms with E-state index in [9.17, 15) is 0 Å². The van der Waals surface area contributed by atoms with Crippen LogP contribution in [0.25, 0.3) is 0 Å². The molecule has 1 fully saturated rings. The lowest BCUT2D eigenvalue weighted by atomic mass is 10.3. The molecule has 8 heavy (non-hydrogen) atoms. The average molecular weight is 228 g/mol. The summed E-state index contributed by atoms with van der Waals surface area (Å²) in [7, 11) is 1.73. The van der Waals surface area contributed by atoms with E-state index in [4.69, 9.17) is 9.47 Å². The van der Waals surface area contributed by atoms with E-state index in [0.717, 1.165) is 13.0 Å². The molecule has 1 aliphatic heterocycles. The lowest BCUT2D eigenvalue weighted by Crippen LogP contribution is -2.15. The van der Waals surface area contributed by atoms with Crippen LogP contribution in [0.4, 0.5) is 0 Å². The Balaban J connectivity index is 2.30. The first-order valence-electron chi connectivity index (χ1n) is 2.63. The fourth-order valence-electron chi connectivity index (χ4n) is 0.760. The van der Waals surface area contributed by atoms with Crippen molar-refractivity contribution in [3.8, 4) is 0 Å². The van der Waals surface area contributed by atoms with Crippen molar-refractivity contribution in [2.75, 3.05) is 13.7 Å². The van der Waals surface area contributed by atoms with Gasteiger partial charge in [-0.25, -0.2) is 0 Å². The first-order valence-corrected chi connectivity index (χ1v) is 3.87. The predicted molar refractivity (Wildman–Crippen MR) is 39.2 cm³/mol. The van der Waals surface area contributed by atoms with Crippen LogP contribution in [0.3, 0.4) is 0 Å². The first-order chi connectivity index (χ1) is 3.84. The zero-order valence-corrected chi connectivity index (χ0v) is 6.92. The van der Waals surface area contributed by atoms with Crippen LogP contribution < -0.4 is 0 Å². The second-order valence-corrected chi connectivity index (χ2v) is 3.01. The van der Waals surface area contributed by atoms with E-state index in [0.29, 0.717) is 6.10 Å². The SMILES string of the molecule is COC1CCOC1I. The zero-order valence-electron chi connectivity index (χ0n) is 4.76. The van der Waals surface area contributed by atoms with Crippen LogP contribution in [0.15, 0.2) is 0 Å². The van der Waals surface area contributed by atoms with Crippen molar-refractivity contribution in [1.29, 1.82) is 0 Å². The van der Waals surface area contributed by atoms with Gasteiger partial charge in [-0.3, -0.25) is 0 Å². The Hall–Kier alpha value is 0.650. The van der Waals surface area contributed by atoms with Crippen LogP contribution in [0.2, 0.25) is 0 Å². The quantitative estimate of drug-likeness (QED) is 0.495. The molecule has 0 N–H and O–H groups in total. The van der Waals surface area contributed by atoms with Gasteiger partial charge in [0.05, 0.1) is 12.7 Å². The molecule has 2 atom stereocenters. The standard InChI is InChI=1S/C5H9IO2/c1-7-4-2-3-8-5(4)6/h4-5H,2-3H2,1H3. The van der Waals surface area contributed by atoms with Crippen LogP contribution in [0, 0.1) is 0 Å². The summed E-state index contributed by atoms with van der Waals surface area (Å²) in [4.78, 5) is 0. The number of alkyl halides is 1. The summed E-state index contributed by atoms with van der Waals surface area (Å²) in [6.07, 6.45) is 1.38. The minimum Gasteiger partial charge on any atom is -0.378 e. The fourth-order valence-corrected chi connectivity index (χ4v) is 1.67.